The van der Waals surface area contributed by atoms with E-state index in [1.165, 1.54) is 33.5 Å². The van der Waals surface area contributed by atoms with E-state index in [2.05, 4.69) is 10.9 Å². The fraction of sp³-hybridized carbons (Fsp3) is 0.400. The van der Waals surface area contributed by atoms with E-state index in [0.717, 1.165) is 34.4 Å². The molecule has 0 spiro atoms. The maximum absolute atomic E-state index is 14.2. The van der Waals surface area contributed by atoms with E-state index in [1.807, 2.05) is 56.7 Å². The number of carbonyl (C=O) groups is 4. The zero-order chi connectivity index (χ0) is 48.5. The first-order chi connectivity index (χ1) is 31.9. The Morgan fingerprint density at radius 2 is 1.64 bits per heavy atom. The Morgan fingerprint density at radius 1 is 0.910 bits per heavy atom. The Kier molecular flexibility index (Phi) is 14.1. The van der Waals surface area contributed by atoms with Crippen LogP contribution in [0.1, 0.15) is 115 Å². The molecule has 2 aromatic heterocycles. The van der Waals surface area contributed by atoms with Crippen molar-refractivity contribution in [3.63, 3.8) is 0 Å². The minimum atomic E-state index is -4.49. The molecule has 354 valence electrons. The number of benzene rings is 1. The molecule has 0 saturated carbocycles. The number of allylic oxidation sites excluding steroid dienone is 3. The van der Waals surface area contributed by atoms with Gasteiger partial charge in [-0.1, -0.05) is 38.1 Å². The topological polar surface area (TPSA) is 181 Å². The number of hydrogen-bond acceptors (Lipinski definition) is 11. The van der Waals surface area contributed by atoms with Crippen molar-refractivity contribution in [1.82, 2.24) is 14.7 Å². The van der Waals surface area contributed by atoms with Gasteiger partial charge in [0.25, 0.3) is 0 Å². The predicted octanol–water partition coefficient (Wildman–Crippen LogP) is 6.55. The number of halogens is 3. The van der Waals surface area contributed by atoms with Crippen LogP contribution < -0.4 is 27.3 Å². The number of unbranched alkanes of at least 4 members (excludes halogenated alkanes) is 1. The van der Waals surface area contributed by atoms with Crippen LogP contribution in [0, 0.1) is 25.7 Å². The Hall–Kier alpha value is -6.75. The highest BCUT2D eigenvalue weighted by Gasteiger charge is 2.39. The summed E-state index contributed by atoms with van der Waals surface area (Å²) in [6.45, 7) is 10.2. The molecule has 1 amide bonds. The zero-order valence-corrected chi connectivity index (χ0v) is 38.9. The Labute approximate surface area is 386 Å². The summed E-state index contributed by atoms with van der Waals surface area (Å²) in [4.78, 5) is 64.7. The number of nitrogens with one attached hydrogen (secondary N) is 2. The first kappa shape index (κ1) is 48.2. The van der Waals surface area contributed by atoms with Gasteiger partial charge in [-0.15, -0.1) is 0 Å². The molecule has 17 heteroatoms. The number of amides is 1. The van der Waals surface area contributed by atoms with E-state index < -0.39 is 41.6 Å². The number of aliphatic imine (C=N–C) groups is 2. The van der Waals surface area contributed by atoms with Crippen molar-refractivity contribution in [2.75, 3.05) is 33.4 Å². The van der Waals surface area contributed by atoms with Gasteiger partial charge in [0, 0.05) is 35.1 Å². The molecule has 4 aliphatic rings. The Morgan fingerprint density at radius 3 is 2.28 bits per heavy atom. The number of alkyl halides is 3. The zero-order valence-electron chi connectivity index (χ0n) is 38.9. The summed E-state index contributed by atoms with van der Waals surface area (Å²) in [5.41, 5.74) is 17.4. The van der Waals surface area contributed by atoms with E-state index in [1.54, 1.807) is 17.7 Å². The summed E-state index contributed by atoms with van der Waals surface area (Å²) in [5, 5.41) is 3.68. The number of methoxy groups -OCH3 is 3. The first-order valence-electron chi connectivity index (χ1n) is 22.3. The molecule has 7 rings (SSSR count). The van der Waals surface area contributed by atoms with Gasteiger partial charge in [-0.05, 0) is 118 Å². The second-order valence-corrected chi connectivity index (χ2v) is 17.0. The highest BCUT2D eigenvalue weighted by atomic mass is 19.4. The van der Waals surface area contributed by atoms with Crippen LogP contribution in [0.4, 0.5) is 13.2 Å². The maximum Gasteiger partial charge on any atom is 0.416 e. The SMILES string of the molecule is CCC1=C(C)/C2=C/c3c(/C=C/c4ccc(C(F)(F)F)cc4)c(C)c4n3Nn3/c(c(C)c(C(=O)OC)/c3=C(\CC(=O)OC)C3=N/C(=C\4)[C@@H](C)[C@@H]3CCC(=O)N[C@@H](CCCCN)C(=O)OC)=C\C1=N2. The van der Waals surface area contributed by atoms with Crippen LogP contribution >= 0.6 is 0 Å². The molecule has 6 heterocycles. The lowest BCUT2D eigenvalue weighted by Gasteiger charge is -2.21. The van der Waals surface area contributed by atoms with Gasteiger partial charge >= 0.3 is 24.1 Å². The smallest absolute Gasteiger partial charge is 0.416 e. The first-order valence-corrected chi connectivity index (χ1v) is 22.3. The number of fused-ring (bicyclic) bond motifs is 2. The number of nitrogens with two attached hydrogens (primary N) is 1. The van der Waals surface area contributed by atoms with Crippen LogP contribution in [-0.2, 0) is 34.8 Å². The lowest BCUT2D eigenvalue weighted by molar-refractivity contribution is -0.145. The van der Waals surface area contributed by atoms with Crippen molar-refractivity contribution in [1.29, 1.82) is 0 Å². The molecule has 14 nitrogen and oxygen atoms in total. The molecule has 0 unspecified atom stereocenters. The van der Waals surface area contributed by atoms with Crippen LogP contribution in [0.2, 0.25) is 0 Å². The molecular weight excluding hydrogens is 868 g/mol. The van der Waals surface area contributed by atoms with Crippen LogP contribution in [0.3, 0.4) is 0 Å². The molecule has 4 N–H and O–H groups in total. The van der Waals surface area contributed by atoms with Gasteiger partial charge in [0.05, 0.1) is 78.1 Å². The lowest BCUT2D eigenvalue weighted by atomic mass is 9.82. The van der Waals surface area contributed by atoms with Crippen molar-refractivity contribution in [2.24, 2.45) is 27.6 Å². The third-order valence-corrected chi connectivity index (χ3v) is 13.1. The number of rotatable bonds is 15. The van der Waals surface area contributed by atoms with E-state index in [0.29, 0.717) is 93.8 Å². The van der Waals surface area contributed by atoms with Crippen molar-refractivity contribution in [3.8, 4) is 0 Å². The molecule has 0 fully saturated rings. The van der Waals surface area contributed by atoms with Gasteiger partial charge in [0.15, 0.2) is 0 Å². The molecule has 0 radical (unpaired) electrons. The molecule has 4 aliphatic heterocycles. The lowest BCUT2D eigenvalue weighted by Crippen LogP contribution is -2.43. The minimum absolute atomic E-state index is 0.0182. The summed E-state index contributed by atoms with van der Waals surface area (Å²) in [5.74, 6) is -3.05. The average Bonchev–Trinajstić information content (AvgIpc) is 3.95. The third-order valence-electron chi connectivity index (χ3n) is 13.1. The van der Waals surface area contributed by atoms with E-state index in [4.69, 9.17) is 29.9 Å². The molecule has 67 heavy (non-hydrogen) atoms. The summed E-state index contributed by atoms with van der Waals surface area (Å²) < 4.78 is 59.9. The number of ether oxygens (including phenoxy) is 3. The van der Waals surface area contributed by atoms with Gasteiger partial charge in [-0.2, -0.15) is 13.2 Å². The fourth-order valence-electron chi connectivity index (χ4n) is 9.35. The normalized spacial score (nSPS) is 20.6. The quantitative estimate of drug-likeness (QED) is 0.0866. The van der Waals surface area contributed by atoms with Crippen LogP contribution in [-0.4, -0.2) is 78.5 Å². The highest BCUT2D eigenvalue weighted by molar-refractivity contribution is 6.25. The Bertz CT molecular complexity index is 2860. The number of nitrogens with zero attached hydrogens (tertiary/aromatic N) is 4. The molecule has 3 aromatic rings. The monoisotopic (exact) mass is 923 g/mol. The summed E-state index contributed by atoms with van der Waals surface area (Å²) in [6.07, 6.45) is 7.11. The second kappa shape index (κ2) is 19.6. The Balaban J connectivity index is 1.51. The largest absolute Gasteiger partial charge is 0.469 e. The van der Waals surface area contributed by atoms with Gasteiger partial charge in [0.1, 0.15) is 6.04 Å². The molecule has 3 atom stereocenters. The van der Waals surface area contributed by atoms with E-state index in [-0.39, 0.29) is 36.7 Å². The maximum atomic E-state index is 14.2. The van der Waals surface area contributed by atoms with Gasteiger partial charge < -0.3 is 25.3 Å². The standard InChI is InChI=1S/C50H56F3N7O7/c1-9-32-26(2)37-24-42-33(18-15-30-13-16-31(17-14-30)50(51,52)53)28(4)40-23-38-27(3)34(19-20-43(61)56-36(48(63)66-7)12-10-11-21-54)46(57-38)35(22-44(62)65-6)47-45(49(64)67-8)29(5)41(25-39(32)55-37)60(47)58-59(40)42/h13-18,23-25,27,34,36,58H,9-12,19-22,54H2,1-8H3,(H,56,61)/b18-15+,37-24-,38-23-,39-25?,40-23?,41-25-,42-24?,46-35?,47-35-/t27-,34-,36-/m0/s1. The molecule has 1 aromatic carbocycles. The van der Waals surface area contributed by atoms with Crippen LogP contribution in [0.15, 0.2) is 56.8 Å². The second-order valence-electron chi connectivity index (χ2n) is 17.0. The number of carbonyl (C=O) groups excluding carboxylic acids is 4. The van der Waals surface area contributed by atoms with Crippen molar-refractivity contribution in [2.45, 2.75) is 91.8 Å². The number of hydrogen-bond donors (Lipinski definition) is 3. The minimum Gasteiger partial charge on any atom is -0.469 e. The van der Waals surface area contributed by atoms with E-state index >= 15 is 0 Å². The number of aromatic nitrogens is 2. The predicted molar refractivity (Wildman–Crippen MR) is 251 cm³/mol. The number of esters is 3. The summed E-state index contributed by atoms with van der Waals surface area (Å²) in [7, 11) is 3.83. The summed E-state index contributed by atoms with van der Waals surface area (Å²) in [6, 6.07) is 4.05. The molecule has 6 bridgehead atoms. The van der Waals surface area contributed by atoms with Crippen LogP contribution in [0.25, 0.3) is 36.0 Å². The highest BCUT2D eigenvalue weighted by Crippen LogP contribution is 2.41. The molecular formula is C50H56F3N7O7. The van der Waals surface area contributed by atoms with Crippen LogP contribution in [0.5, 0.6) is 0 Å². The van der Waals surface area contributed by atoms with Gasteiger partial charge in [-0.25, -0.2) is 29.5 Å². The van der Waals surface area contributed by atoms with Gasteiger partial charge in [-0.3, -0.25) is 14.6 Å². The average molecular weight is 924 g/mol. The van der Waals surface area contributed by atoms with Crippen molar-refractivity contribution < 1.29 is 46.6 Å². The molecule has 0 aliphatic carbocycles. The fourth-order valence-corrected chi connectivity index (χ4v) is 9.35. The van der Waals surface area contributed by atoms with Gasteiger partial charge in [0.2, 0.25) is 5.91 Å². The van der Waals surface area contributed by atoms with Crippen molar-refractivity contribution in [3.05, 3.63) is 102 Å². The summed E-state index contributed by atoms with van der Waals surface area (Å²) >= 11 is 0. The molecule has 0 saturated heterocycles. The van der Waals surface area contributed by atoms with E-state index in [9.17, 15) is 32.3 Å². The van der Waals surface area contributed by atoms with Crippen molar-refractivity contribution >= 4 is 71.2 Å². The third kappa shape index (κ3) is 9.33.